The number of carbonyl (C=O) groups excluding carboxylic acids is 1. The third-order valence-corrected chi connectivity index (χ3v) is 3.63. The number of benzene rings is 1. The van der Waals surface area contributed by atoms with E-state index in [0.29, 0.717) is 17.0 Å². The number of hydrogen-bond donors (Lipinski definition) is 2. The van der Waals surface area contributed by atoms with Crippen molar-refractivity contribution in [3.05, 3.63) is 51.7 Å². The van der Waals surface area contributed by atoms with Gasteiger partial charge in [0.25, 0.3) is 0 Å². The summed E-state index contributed by atoms with van der Waals surface area (Å²) in [5.74, 6) is 0.181. The standard InChI is InChI=1S/C16H16N8O3/c1-26-12(25)6-11-20-13-14(21-11)22-16(17)23-15(13)27-8-10-4-2-9(3-5-10)7-19-24-18/h2-5H,6-8H2,1H3,(H3,17,20,21,22,23). The molecule has 3 rings (SSSR count). The molecule has 0 bridgehead atoms. The average molecular weight is 368 g/mol. The zero-order valence-corrected chi connectivity index (χ0v) is 14.4. The van der Waals surface area contributed by atoms with Gasteiger partial charge >= 0.3 is 5.97 Å². The quantitative estimate of drug-likeness (QED) is 0.278. The number of nitrogens with one attached hydrogen (secondary N) is 1. The first kappa shape index (κ1) is 18.0. The second-order valence-corrected chi connectivity index (χ2v) is 5.51. The molecule has 3 aromatic rings. The molecule has 0 aliphatic heterocycles. The molecule has 11 nitrogen and oxygen atoms in total. The van der Waals surface area contributed by atoms with Crippen LogP contribution in [-0.4, -0.2) is 33.0 Å². The summed E-state index contributed by atoms with van der Waals surface area (Å²) in [5, 5.41) is 3.51. The van der Waals surface area contributed by atoms with Crippen LogP contribution in [0.2, 0.25) is 0 Å². The molecule has 0 aliphatic carbocycles. The van der Waals surface area contributed by atoms with Gasteiger partial charge < -0.3 is 20.2 Å². The van der Waals surface area contributed by atoms with Crippen LogP contribution in [0.1, 0.15) is 17.0 Å². The van der Waals surface area contributed by atoms with E-state index in [4.69, 9.17) is 16.0 Å². The summed E-state index contributed by atoms with van der Waals surface area (Å²) in [6.07, 6.45) is -0.0289. The molecule has 0 spiro atoms. The molecule has 0 unspecified atom stereocenters. The molecule has 138 valence electrons. The predicted octanol–water partition coefficient (Wildman–Crippen LogP) is 2.04. The minimum absolute atomic E-state index is 0.0236. The van der Waals surface area contributed by atoms with Crippen molar-refractivity contribution >= 4 is 23.1 Å². The van der Waals surface area contributed by atoms with Crippen LogP contribution in [0.4, 0.5) is 5.95 Å². The number of aromatic amines is 1. The molecule has 1 aromatic carbocycles. The molecule has 0 aliphatic rings. The number of anilines is 1. The topological polar surface area (TPSA) is 165 Å². The van der Waals surface area contributed by atoms with Gasteiger partial charge in [0.2, 0.25) is 11.8 Å². The van der Waals surface area contributed by atoms with Crippen molar-refractivity contribution in [3.8, 4) is 5.88 Å². The van der Waals surface area contributed by atoms with Crippen LogP contribution >= 0.6 is 0 Å². The molecular formula is C16H16N8O3. The Morgan fingerprint density at radius 3 is 2.70 bits per heavy atom. The van der Waals surface area contributed by atoms with Crippen molar-refractivity contribution in [2.24, 2.45) is 5.11 Å². The molecule has 27 heavy (non-hydrogen) atoms. The van der Waals surface area contributed by atoms with E-state index in [1.807, 2.05) is 24.3 Å². The summed E-state index contributed by atoms with van der Waals surface area (Å²) in [7, 11) is 1.30. The summed E-state index contributed by atoms with van der Waals surface area (Å²) < 4.78 is 10.4. The normalized spacial score (nSPS) is 10.4. The molecule has 3 N–H and O–H groups in total. The summed E-state index contributed by atoms with van der Waals surface area (Å²) in [6.45, 7) is 0.517. The number of aromatic nitrogens is 4. The van der Waals surface area contributed by atoms with Crippen molar-refractivity contribution < 1.29 is 14.3 Å². The van der Waals surface area contributed by atoms with E-state index in [2.05, 4.69) is 34.7 Å². The van der Waals surface area contributed by atoms with Crippen LogP contribution in [0.3, 0.4) is 0 Å². The zero-order valence-electron chi connectivity index (χ0n) is 14.4. The third-order valence-electron chi connectivity index (χ3n) is 3.63. The molecule has 2 heterocycles. The number of H-pyrrole nitrogens is 1. The minimum Gasteiger partial charge on any atom is -0.471 e. The lowest BCUT2D eigenvalue weighted by Gasteiger charge is -2.07. The maximum absolute atomic E-state index is 11.4. The number of rotatable bonds is 7. The number of carbonyl (C=O) groups is 1. The highest BCUT2D eigenvalue weighted by Gasteiger charge is 2.15. The minimum atomic E-state index is -0.432. The van der Waals surface area contributed by atoms with E-state index in [0.717, 1.165) is 11.1 Å². The van der Waals surface area contributed by atoms with Crippen LogP contribution in [0.5, 0.6) is 5.88 Å². The van der Waals surface area contributed by atoms with Crippen LogP contribution in [-0.2, 0) is 29.1 Å². The Bertz CT molecular complexity index is 1010. The Balaban J connectivity index is 1.77. The summed E-state index contributed by atoms with van der Waals surface area (Å²) in [6, 6.07) is 7.41. The van der Waals surface area contributed by atoms with Gasteiger partial charge in [-0.05, 0) is 16.7 Å². The van der Waals surface area contributed by atoms with Gasteiger partial charge in [0.15, 0.2) is 11.2 Å². The van der Waals surface area contributed by atoms with E-state index in [1.54, 1.807) is 0 Å². The molecule has 2 aromatic heterocycles. The predicted molar refractivity (Wildman–Crippen MR) is 95.4 cm³/mol. The van der Waals surface area contributed by atoms with E-state index in [-0.39, 0.29) is 31.4 Å². The number of nitrogens with zero attached hydrogens (tertiary/aromatic N) is 6. The fourth-order valence-electron chi connectivity index (χ4n) is 2.34. The van der Waals surface area contributed by atoms with Gasteiger partial charge in [-0.3, -0.25) is 4.79 Å². The first-order valence-electron chi connectivity index (χ1n) is 7.89. The molecule has 0 fully saturated rings. The number of imidazole rings is 1. The second-order valence-electron chi connectivity index (χ2n) is 5.51. The lowest BCUT2D eigenvalue weighted by Crippen LogP contribution is -2.05. The Labute approximate surface area is 153 Å². The summed E-state index contributed by atoms with van der Waals surface area (Å²) in [4.78, 5) is 29.5. The summed E-state index contributed by atoms with van der Waals surface area (Å²) >= 11 is 0. The summed E-state index contributed by atoms with van der Waals surface area (Å²) in [5.41, 5.74) is 16.6. The Morgan fingerprint density at radius 1 is 1.26 bits per heavy atom. The lowest BCUT2D eigenvalue weighted by molar-refractivity contribution is -0.139. The number of nitrogen functional groups attached to an aromatic ring is 1. The maximum atomic E-state index is 11.4. The molecule has 0 amide bonds. The van der Waals surface area contributed by atoms with E-state index >= 15 is 0 Å². The fourth-order valence-corrected chi connectivity index (χ4v) is 2.34. The molecule has 0 atom stereocenters. The van der Waals surface area contributed by atoms with E-state index in [1.165, 1.54) is 7.11 Å². The van der Waals surface area contributed by atoms with Crippen molar-refractivity contribution in [2.75, 3.05) is 12.8 Å². The maximum Gasteiger partial charge on any atom is 0.313 e. The second kappa shape index (κ2) is 8.02. The molecule has 11 heteroatoms. The SMILES string of the molecule is COC(=O)Cc1nc2c(OCc3ccc(CN=[N+]=[N-])cc3)nc(N)nc2[nH]1. The number of azide groups is 1. The van der Waals surface area contributed by atoms with Gasteiger partial charge in [0.1, 0.15) is 18.9 Å². The smallest absolute Gasteiger partial charge is 0.313 e. The molecule has 0 radical (unpaired) electrons. The van der Waals surface area contributed by atoms with Crippen LogP contribution in [0.25, 0.3) is 21.6 Å². The van der Waals surface area contributed by atoms with Crippen LogP contribution in [0, 0.1) is 0 Å². The number of ether oxygens (including phenoxy) is 2. The van der Waals surface area contributed by atoms with Crippen molar-refractivity contribution in [2.45, 2.75) is 19.6 Å². The number of fused-ring (bicyclic) bond motifs is 1. The van der Waals surface area contributed by atoms with Crippen LogP contribution < -0.4 is 10.5 Å². The largest absolute Gasteiger partial charge is 0.471 e. The Hall–Kier alpha value is -3.85. The van der Waals surface area contributed by atoms with Gasteiger partial charge in [0, 0.05) is 4.91 Å². The van der Waals surface area contributed by atoms with Gasteiger partial charge in [-0.2, -0.15) is 9.97 Å². The van der Waals surface area contributed by atoms with Gasteiger partial charge in [-0.1, -0.05) is 29.4 Å². The highest BCUT2D eigenvalue weighted by atomic mass is 16.5. The Morgan fingerprint density at radius 2 is 2.00 bits per heavy atom. The monoisotopic (exact) mass is 368 g/mol. The molecular weight excluding hydrogens is 352 g/mol. The van der Waals surface area contributed by atoms with E-state index < -0.39 is 5.97 Å². The molecule has 0 saturated heterocycles. The number of nitrogens with two attached hydrogens (primary N) is 1. The molecule has 0 saturated carbocycles. The lowest BCUT2D eigenvalue weighted by atomic mass is 10.1. The number of hydrogen-bond acceptors (Lipinski definition) is 8. The highest BCUT2D eigenvalue weighted by Crippen LogP contribution is 2.22. The van der Waals surface area contributed by atoms with Crippen LogP contribution in [0.15, 0.2) is 29.4 Å². The van der Waals surface area contributed by atoms with Gasteiger partial charge in [-0.15, -0.1) is 0 Å². The van der Waals surface area contributed by atoms with Gasteiger partial charge in [0.05, 0.1) is 13.7 Å². The first-order valence-corrected chi connectivity index (χ1v) is 7.89. The average Bonchev–Trinajstić information content (AvgIpc) is 3.07. The number of methoxy groups -OCH3 is 1. The first-order chi connectivity index (χ1) is 13.1. The van der Waals surface area contributed by atoms with Crippen molar-refractivity contribution in [1.29, 1.82) is 0 Å². The zero-order chi connectivity index (χ0) is 19.2. The number of esters is 1. The van der Waals surface area contributed by atoms with E-state index in [9.17, 15) is 4.79 Å². The van der Waals surface area contributed by atoms with Gasteiger partial charge in [-0.25, -0.2) is 4.98 Å². The van der Waals surface area contributed by atoms with Crippen molar-refractivity contribution in [1.82, 2.24) is 19.9 Å². The fraction of sp³-hybridized carbons (Fsp3) is 0.250. The van der Waals surface area contributed by atoms with Crippen molar-refractivity contribution in [3.63, 3.8) is 0 Å². The highest BCUT2D eigenvalue weighted by molar-refractivity contribution is 5.79. The Kier molecular flexibility index (Phi) is 5.33. The third kappa shape index (κ3) is 4.41.